The summed E-state index contributed by atoms with van der Waals surface area (Å²) < 4.78 is 6.43. The normalized spacial score (nSPS) is 11.2. The van der Waals surface area contributed by atoms with Gasteiger partial charge in [0.25, 0.3) is 5.91 Å². The van der Waals surface area contributed by atoms with Crippen LogP contribution in [0.25, 0.3) is 0 Å². The Balaban J connectivity index is 1.82. The number of benzene rings is 2. The molecule has 0 aromatic heterocycles. The summed E-state index contributed by atoms with van der Waals surface area (Å²) >= 11 is 3.36. The van der Waals surface area contributed by atoms with Crippen molar-refractivity contribution in [2.24, 2.45) is 0 Å². The SMILES string of the molecule is Cc1cc(Br)ccc1NC(=O)CNC(=O)[C@H](C)Oc1ccc(C#N)cc1. The van der Waals surface area contributed by atoms with Crippen molar-refractivity contribution in [3.8, 4) is 11.8 Å². The number of nitrogens with one attached hydrogen (secondary N) is 2. The number of aryl methyl sites for hydroxylation is 1. The zero-order chi connectivity index (χ0) is 19.1. The van der Waals surface area contributed by atoms with E-state index < -0.39 is 12.0 Å². The second kappa shape index (κ2) is 9.02. The molecule has 2 aromatic rings. The number of nitriles is 1. The van der Waals surface area contributed by atoms with Crippen molar-refractivity contribution in [1.82, 2.24) is 5.32 Å². The molecule has 0 bridgehead atoms. The molecule has 2 rings (SSSR count). The standard InChI is InChI=1S/C19H18BrN3O3/c1-12-9-15(20)5-8-17(12)23-18(24)11-22-19(25)13(2)26-16-6-3-14(10-21)4-7-16/h3-9,13H,11H2,1-2H3,(H,22,25)(H,23,24)/t13-/m0/s1. The molecule has 2 amide bonds. The van der Waals surface area contributed by atoms with Gasteiger partial charge in [0, 0.05) is 10.2 Å². The summed E-state index contributed by atoms with van der Waals surface area (Å²) in [5.41, 5.74) is 2.11. The summed E-state index contributed by atoms with van der Waals surface area (Å²) in [5, 5.41) is 14.0. The van der Waals surface area contributed by atoms with Gasteiger partial charge in [0.1, 0.15) is 5.75 Å². The van der Waals surface area contributed by atoms with Crippen LogP contribution < -0.4 is 15.4 Å². The van der Waals surface area contributed by atoms with E-state index in [1.807, 2.05) is 25.1 Å². The second-order valence-electron chi connectivity index (χ2n) is 5.62. The third-order valence-electron chi connectivity index (χ3n) is 3.55. The van der Waals surface area contributed by atoms with Crippen LogP contribution in [0, 0.1) is 18.3 Å². The van der Waals surface area contributed by atoms with Crippen molar-refractivity contribution in [2.45, 2.75) is 20.0 Å². The van der Waals surface area contributed by atoms with Crippen LogP contribution in [0.4, 0.5) is 5.69 Å². The highest BCUT2D eigenvalue weighted by molar-refractivity contribution is 9.10. The minimum atomic E-state index is -0.773. The van der Waals surface area contributed by atoms with E-state index in [1.165, 1.54) is 0 Å². The zero-order valence-corrected chi connectivity index (χ0v) is 16.0. The first-order valence-electron chi connectivity index (χ1n) is 7.89. The van der Waals surface area contributed by atoms with Gasteiger partial charge in [-0.1, -0.05) is 15.9 Å². The number of carbonyl (C=O) groups excluding carboxylic acids is 2. The number of halogens is 1. The van der Waals surface area contributed by atoms with Crippen LogP contribution >= 0.6 is 15.9 Å². The maximum atomic E-state index is 12.1. The summed E-state index contributed by atoms with van der Waals surface area (Å²) in [4.78, 5) is 24.1. The fourth-order valence-electron chi connectivity index (χ4n) is 2.14. The number of nitrogens with zero attached hydrogens (tertiary/aromatic N) is 1. The van der Waals surface area contributed by atoms with Crippen LogP contribution in [0.3, 0.4) is 0 Å². The summed E-state index contributed by atoms with van der Waals surface area (Å²) in [6, 6.07) is 14.0. The monoisotopic (exact) mass is 415 g/mol. The highest BCUT2D eigenvalue weighted by Crippen LogP contribution is 2.19. The molecule has 0 aliphatic heterocycles. The summed E-state index contributed by atoms with van der Waals surface area (Å²) in [5.74, 6) is -0.257. The zero-order valence-electron chi connectivity index (χ0n) is 14.4. The van der Waals surface area contributed by atoms with Gasteiger partial charge in [-0.25, -0.2) is 0 Å². The predicted octanol–water partition coefficient (Wildman–Crippen LogP) is 3.15. The molecule has 0 saturated heterocycles. The van der Waals surface area contributed by atoms with Crippen LogP contribution in [-0.4, -0.2) is 24.5 Å². The van der Waals surface area contributed by atoms with Crippen LogP contribution in [0.2, 0.25) is 0 Å². The summed E-state index contributed by atoms with van der Waals surface area (Å²) in [6.45, 7) is 3.31. The molecule has 0 spiro atoms. The number of amides is 2. The molecule has 0 aliphatic rings. The average molecular weight is 416 g/mol. The Hall–Kier alpha value is -2.85. The average Bonchev–Trinajstić information content (AvgIpc) is 2.62. The van der Waals surface area contributed by atoms with Crippen molar-refractivity contribution in [1.29, 1.82) is 5.26 Å². The third kappa shape index (κ3) is 5.60. The van der Waals surface area contributed by atoms with Crippen LogP contribution in [0.5, 0.6) is 5.75 Å². The van der Waals surface area contributed by atoms with Crippen LogP contribution in [0.1, 0.15) is 18.1 Å². The van der Waals surface area contributed by atoms with E-state index in [-0.39, 0.29) is 12.5 Å². The molecule has 0 aliphatic carbocycles. The van der Waals surface area contributed by atoms with Gasteiger partial charge in [0.15, 0.2) is 6.10 Å². The number of hydrogen-bond acceptors (Lipinski definition) is 4. The minimum absolute atomic E-state index is 0.157. The van der Waals surface area contributed by atoms with Crippen molar-refractivity contribution in [3.63, 3.8) is 0 Å². The van der Waals surface area contributed by atoms with Gasteiger partial charge in [-0.2, -0.15) is 5.26 Å². The number of hydrogen-bond donors (Lipinski definition) is 2. The fourth-order valence-corrected chi connectivity index (χ4v) is 2.61. The number of rotatable bonds is 6. The predicted molar refractivity (Wildman–Crippen MR) is 102 cm³/mol. The smallest absolute Gasteiger partial charge is 0.261 e. The lowest BCUT2D eigenvalue weighted by atomic mass is 10.2. The van der Waals surface area contributed by atoms with E-state index in [1.54, 1.807) is 37.3 Å². The molecule has 0 unspecified atom stereocenters. The lowest BCUT2D eigenvalue weighted by molar-refractivity contribution is -0.129. The van der Waals surface area contributed by atoms with E-state index in [2.05, 4.69) is 26.6 Å². The first-order valence-corrected chi connectivity index (χ1v) is 8.69. The van der Waals surface area contributed by atoms with Gasteiger partial charge in [-0.3, -0.25) is 9.59 Å². The maximum absolute atomic E-state index is 12.1. The van der Waals surface area contributed by atoms with Gasteiger partial charge in [0.05, 0.1) is 18.2 Å². The molecule has 7 heteroatoms. The third-order valence-corrected chi connectivity index (χ3v) is 4.04. The lowest BCUT2D eigenvalue weighted by Gasteiger charge is -2.15. The highest BCUT2D eigenvalue weighted by Gasteiger charge is 2.16. The van der Waals surface area contributed by atoms with Gasteiger partial charge < -0.3 is 15.4 Å². The Kier molecular flexibility index (Phi) is 6.75. The molecular formula is C19H18BrN3O3. The fraction of sp³-hybridized carbons (Fsp3) is 0.211. The number of carbonyl (C=O) groups is 2. The number of ether oxygens (including phenoxy) is 1. The Morgan fingerprint density at radius 2 is 1.92 bits per heavy atom. The summed E-state index contributed by atoms with van der Waals surface area (Å²) in [6.07, 6.45) is -0.773. The maximum Gasteiger partial charge on any atom is 0.261 e. The van der Waals surface area contributed by atoms with E-state index >= 15 is 0 Å². The quantitative estimate of drug-likeness (QED) is 0.757. The van der Waals surface area contributed by atoms with Crippen molar-refractivity contribution in [3.05, 3.63) is 58.1 Å². The minimum Gasteiger partial charge on any atom is -0.481 e. The van der Waals surface area contributed by atoms with E-state index in [0.29, 0.717) is 17.0 Å². The first-order chi connectivity index (χ1) is 12.4. The topological polar surface area (TPSA) is 91.2 Å². The first kappa shape index (κ1) is 19.5. The molecular weight excluding hydrogens is 398 g/mol. The number of anilines is 1. The molecule has 0 heterocycles. The van der Waals surface area contributed by atoms with Crippen molar-refractivity contribution >= 4 is 33.4 Å². The Morgan fingerprint density at radius 3 is 2.54 bits per heavy atom. The lowest BCUT2D eigenvalue weighted by Crippen LogP contribution is -2.40. The van der Waals surface area contributed by atoms with Crippen LogP contribution in [-0.2, 0) is 9.59 Å². The molecule has 26 heavy (non-hydrogen) atoms. The molecule has 2 N–H and O–H groups in total. The van der Waals surface area contributed by atoms with Gasteiger partial charge in [-0.05, 0) is 61.9 Å². The molecule has 1 atom stereocenters. The Morgan fingerprint density at radius 1 is 1.23 bits per heavy atom. The molecule has 0 radical (unpaired) electrons. The highest BCUT2D eigenvalue weighted by atomic mass is 79.9. The van der Waals surface area contributed by atoms with Gasteiger partial charge in [0.2, 0.25) is 5.91 Å². The molecule has 6 nitrogen and oxygen atoms in total. The molecule has 0 saturated carbocycles. The Bertz CT molecular complexity index is 844. The van der Waals surface area contributed by atoms with Crippen molar-refractivity contribution in [2.75, 3.05) is 11.9 Å². The largest absolute Gasteiger partial charge is 0.481 e. The second-order valence-corrected chi connectivity index (χ2v) is 6.54. The molecule has 0 fully saturated rings. The van der Waals surface area contributed by atoms with Crippen LogP contribution in [0.15, 0.2) is 46.9 Å². The van der Waals surface area contributed by atoms with E-state index in [0.717, 1.165) is 10.0 Å². The van der Waals surface area contributed by atoms with Gasteiger partial charge in [-0.15, -0.1) is 0 Å². The van der Waals surface area contributed by atoms with Gasteiger partial charge >= 0.3 is 0 Å². The summed E-state index contributed by atoms with van der Waals surface area (Å²) in [7, 11) is 0. The molecule has 134 valence electrons. The van der Waals surface area contributed by atoms with Crippen molar-refractivity contribution < 1.29 is 14.3 Å². The van der Waals surface area contributed by atoms with E-state index in [9.17, 15) is 9.59 Å². The Labute approximate surface area is 160 Å². The van der Waals surface area contributed by atoms with E-state index in [4.69, 9.17) is 10.00 Å². The molecule has 2 aromatic carbocycles.